The van der Waals surface area contributed by atoms with Crippen LogP contribution in [0.3, 0.4) is 0 Å². The smallest absolute Gasteiger partial charge is 0.321 e. The van der Waals surface area contributed by atoms with E-state index in [0.717, 1.165) is 0 Å². The number of halogens is 1. The zero-order chi connectivity index (χ0) is 18.8. The summed E-state index contributed by atoms with van der Waals surface area (Å²) in [5, 5.41) is 3.39. The fourth-order valence-corrected chi connectivity index (χ4v) is 3.28. The summed E-state index contributed by atoms with van der Waals surface area (Å²) in [5.41, 5.74) is 1.20. The Labute approximate surface area is 161 Å². The van der Waals surface area contributed by atoms with Crippen molar-refractivity contribution in [3.05, 3.63) is 53.1 Å². The summed E-state index contributed by atoms with van der Waals surface area (Å²) in [5.74, 6) is 1.15. The average molecular weight is 388 g/mol. The second-order valence-electron chi connectivity index (χ2n) is 6.29. The summed E-state index contributed by atoms with van der Waals surface area (Å²) >= 11 is 5.94. The Morgan fingerprint density at radius 2 is 1.67 bits per heavy atom. The van der Waals surface area contributed by atoms with Crippen molar-refractivity contribution >= 4 is 29.2 Å². The molecule has 0 aliphatic carbocycles. The fraction of sp³-hybridized carbons (Fsp3) is 0.263. The molecule has 1 fully saturated rings. The van der Waals surface area contributed by atoms with Gasteiger partial charge in [-0.1, -0.05) is 17.7 Å². The molecule has 4 rings (SSSR count). The van der Waals surface area contributed by atoms with Gasteiger partial charge in [0.25, 0.3) is 5.91 Å². The topological polar surface area (TPSA) is 71.1 Å². The third-order valence-corrected chi connectivity index (χ3v) is 4.78. The summed E-state index contributed by atoms with van der Waals surface area (Å²) < 4.78 is 10.6. The standard InChI is InChI=1S/C19H18ClN3O4/c20-14-2-1-3-15(11-14)21-19(25)23-8-6-22(7-9-23)18(24)13-4-5-16-17(10-13)27-12-26-16/h1-5,10-11H,6-9,12H2,(H,21,25). The van der Waals surface area contributed by atoms with E-state index in [1.807, 2.05) is 0 Å². The normalized spacial score (nSPS) is 15.6. The average Bonchev–Trinajstić information content (AvgIpc) is 3.15. The van der Waals surface area contributed by atoms with Crippen LogP contribution in [0, 0.1) is 0 Å². The number of piperazine rings is 1. The van der Waals surface area contributed by atoms with Gasteiger partial charge in [0.05, 0.1) is 0 Å². The second kappa shape index (κ2) is 7.36. The predicted molar refractivity (Wildman–Crippen MR) is 101 cm³/mol. The molecule has 0 saturated carbocycles. The molecule has 2 heterocycles. The van der Waals surface area contributed by atoms with Crippen molar-refractivity contribution in [3.63, 3.8) is 0 Å². The van der Waals surface area contributed by atoms with Crippen molar-refractivity contribution in [1.29, 1.82) is 0 Å². The van der Waals surface area contributed by atoms with Crippen LogP contribution in [-0.2, 0) is 0 Å². The maximum absolute atomic E-state index is 12.7. The molecule has 8 heteroatoms. The fourth-order valence-electron chi connectivity index (χ4n) is 3.09. The molecule has 0 aromatic heterocycles. The first-order valence-corrected chi connectivity index (χ1v) is 8.98. The summed E-state index contributed by atoms with van der Waals surface area (Å²) in [6.07, 6.45) is 0. The molecule has 140 valence electrons. The molecule has 27 heavy (non-hydrogen) atoms. The molecular weight excluding hydrogens is 370 g/mol. The van der Waals surface area contributed by atoms with E-state index in [1.165, 1.54) is 0 Å². The first-order chi connectivity index (χ1) is 13.1. The van der Waals surface area contributed by atoms with E-state index in [9.17, 15) is 9.59 Å². The van der Waals surface area contributed by atoms with E-state index >= 15 is 0 Å². The van der Waals surface area contributed by atoms with Gasteiger partial charge in [-0.25, -0.2) is 4.79 Å². The largest absolute Gasteiger partial charge is 0.454 e. The number of rotatable bonds is 2. The molecule has 0 spiro atoms. The van der Waals surface area contributed by atoms with Gasteiger partial charge < -0.3 is 24.6 Å². The highest BCUT2D eigenvalue weighted by atomic mass is 35.5. The van der Waals surface area contributed by atoms with Gasteiger partial charge in [-0.2, -0.15) is 0 Å². The number of hydrogen-bond acceptors (Lipinski definition) is 4. The maximum Gasteiger partial charge on any atom is 0.321 e. The van der Waals surface area contributed by atoms with Crippen molar-refractivity contribution in [2.75, 3.05) is 38.3 Å². The minimum absolute atomic E-state index is 0.0804. The molecule has 2 aromatic carbocycles. The Kier molecular flexibility index (Phi) is 4.77. The molecule has 0 atom stereocenters. The lowest BCUT2D eigenvalue weighted by molar-refractivity contribution is 0.0671. The van der Waals surface area contributed by atoms with E-state index in [0.29, 0.717) is 54.0 Å². The second-order valence-corrected chi connectivity index (χ2v) is 6.72. The number of nitrogens with one attached hydrogen (secondary N) is 1. The van der Waals surface area contributed by atoms with E-state index in [-0.39, 0.29) is 18.7 Å². The SMILES string of the molecule is O=C(Nc1cccc(Cl)c1)N1CCN(C(=O)c2ccc3c(c2)OCO3)CC1. The Hall–Kier alpha value is -2.93. The zero-order valence-electron chi connectivity index (χ0n) is 14.5. The molecule has 3 amide bonds. The number of urea groups is 1. The molecule has 0 radical (unpaired) electrons. The predicted octanol–water partition coefficient (Wildman–Crippen LogP) is 3.06. The van der Waals surface area contributed by atoms with E-state index < -0.39 is 0 Å². The number of ether oxygens (including phenoxy) is 2. The van der Waals surface area contributed by atoms with Crippen molar-refractivity contribution < 1.29 is 19.1 Å². The number of carbonyl (C=O) groups is 2. The molecule has 1 N–H and O–H groups in total. The summed E-state index contributed by atoms with van der Waals surface area (Å²) in [7, 11) is 0. The van der Waals surface area contributed by atoms with Gasteiger partial charge in [0, 0.05) is 42.5 Å². The molecule has 0 unspecified atom stereocenters. The van der Waals surface area contributed by atoms with Crippen LogP contribution < -0.4 is 14.8 Å². The maximum atomic E-state index is 12.7. The molecule has 1 saturated heterocycles. The number of anilines is 1. The van der Waals surface area contributed by atoms with E-state index in [1.54, 1.807) is 52.3 Å². The van der Waals surface area contributed by atoms with E-state index in [4.69, 9.17) is 21.1 Å². The molecule has 2 aromatic rings. The number of hydrogen-bond donors (Lipinski definition) is 1. The number of fused-ring (bicyclic) bond motifs is 1. The van der Waals surface area contributed by atoms with Crippen molar-refractivity contribution in [1.82, 2.24) is 9.80 Å². The third kappa shape index (κ3) is 3.78. The molecule has 2 aliphatic heterocycles. The van der Waals surface area contributed by atoms with Crippen molar-refractivity contribution in [2.45, 2.75) is 0 Å². The van der Waals surface area contributed by atoms with E-state index in [2.05, 4.69) is 5.32 Å². The number of nitrogens with zero attached hydrogens (tertiary/aromatic N) is 2. The first kappa shape index (κ1) is 17.5. The summed E-state index contributed by atoms with van der Waals surface area (Å²) in [4.78, 5) is 28.5. The van der Waals surface area contributed by atoms with Gasteiger partial charge in [-0.05, 0) is 36.4 Å². The monoisotopic (exact) mass is 387 g/mol. The highest BCUT2D eigenvalue weighted by molar-refractivity contribution is 6.30. The molecule has 0 bridgehead atoms. The quantitative estimate of drug-likeness (QED) is 0.859. The van der Waals surface area contributed by atoms with Crippen LogP contribution in [0.2, 0.25) is 5.02 Å². The number of benzene rings is 2. The summed E-state index contributed by atoms with van der Waals surface area (Å²) in [6, 6.07) is 12.0. The Bertz CT molecular complexity index is 881. The molecular formula is C19H18ClN3O4. The zero-order valence-corrected chi connectivity index (χ0v) is 15.2. The summed E-state index contributed by atoms with van der Waals surface area (Å²) in [6.45, 7) is 2.03. The minimum atomic E-state index is -0.201. The van der Waals surface area contributed by atoms with Crippen molar-refractivity contribution in [3.8, 4) is 11.5 Å². The molecule has 7 nitrogen and oxygen atoms in total. The lowest BCUT2D eigenvalue weighted by Gasteiger charge is -2.34. The van der Waals surface area contributed by atoms with Crippen LogP contribution in [-0.4, -0.2) is 54.7 Å². The van der Waals surface area contributed by atoms with Gasteiger partial charge in [-0.3, -0.25) is 4.79 Å². The van der Waals surface area contributed by atoms with Crippen molar-refractivity contribution in [2.24, 2.45) is 0 Å². The lowest BCUT2D eigenvalue weighted by Crippen LogP contribution is -2.51. The van der Waals surface area contributed by atoms with Crippen LogP contribution in [0.25, 0.3) is 0 Å². The van der Waals surface area contributed by atoms with Gasteiger partial charge in [0.2, 0.25) is 6.79 Å². The van der Waals surface area contributed by atoms with Crippen LogP contribution in [0.4, 0.5) is 10.5 Å². The first-order valence-electron chi connectivity index (χ1n) is 8.60. The number of amides is 3. The number of carbonyl (C=O) groups excluding carboxylic acids is 2. The van der Waals surface area contributed by atoms with Gasteiger partial charge in [0.15, 0.2) is 11.5 Å². The van der Waals surface area contributed by atoms with Gasteiger partial charge >= 0.3 is 6.03 Å². The van der Waals surface area contributed by atoms with Gasteiger partial charge in [0.1, 0.15) is 0 Å². The highest BCUT2D eigenvalue weighted by Crippen LogP contribution is 2.32. The lowest BCUT2D eigenvalue weighted by atomic mass is 10.1. The third-order valence-electron chi connectivity index (χ3n) is 4.55. The minimum Gasteiger partial charge on any atom is -0.454 e. The van der Waals surface area contributed by atoms with Crippen LogP contribution >= 0.6 is 11.6 Å². The Morgan fingerprint density at radius 3 is 2.44 bits per heavy atom. The Morgan fingerprint density at radius 1 is 0.926 bits per heavy atom. The van der Waals surface area contributed by atoms with Gasteiger partial charge in [-0.15, -0.1) is 0 Å². The Balaban J connectivity index is 1.34. The van der Waals surface area contributed by atoms with Crippen LogP contribution in [0.5, 0.6) is 11.5 Å². The van der Waals surface area contributed by atoms with Crippen LogP contribution in [0.1, 0.15) is 10.4 Å². The highest BCUT2D eigenvalue weighted by Gasteiger charge is 2.26. The molecule has 2 aliphatic rings. The van der Waals surface area contributed by atoms with Crippen LogP contribution in [0.15, 0.2) is 42.5 Å².